The number of hydrogen-bond donors (Lipinski definition) is 1. The molecule has 1 N–H and O–H groups in total. The number of aryl methyl sites for hydroxylation is 2. The number of tetrazole rings is 1. The van der Waals surface area contributed by atoms with Crippen LogP contribution < -0.4 is 40.2 Å². The molecule has 0 aliphatic heterocycles. The topological polar surface area (TPSA) is 124 Å². The first-order valence-electron chi connectivity index (χ1n) is 6.76. The minimum atomic E-state index is -0.718. The molecule has 0 unspecified atom stereocenters. The largest absolute Gasteiger partial charge is 1.00 e. The van der Waals surface area contributed by atoms with Gasteiger partial charge in [0.05, 0.1) is 5.56 Å². The molecule has 0 bridgehead atoms. The normalized spacial score (nSPS) is 14.5. The number of aromatic nitrogens is 6. The molecule has 1 aliphatic carbocycles. The monoisotopic (exact) mass is 339 g/mol. The van der Waals surface area contributed by atoms with Crippen LogP contribution in [-0.4, -0.2) is 35.9 Å². The van der Waals surface area contributed by atoms with Gasteiger partial charge in [-0.25, -0.2) is 9.98 Å². The Morgan fingerprint density at radius 2 is 2.22 bits per heavy atom. The maximum Gasteiger partial charge on any atom is 1.00 e. The van der Waals surface area contributed by atoms with E-state index >= 15 is 0 Å². The van der Waals surface area contributed by atoms with Crippen molar-refractivity contribution in [1.29, 1.82) is 0 Å². The van der Waals surface area contributed by atoms with E-state index in [2.05, 4.69) is 30.6 Å². The van der Waals surface area contributed by atoms with Crippen molar-refractivity contribution >= 4 is 28.1 Å². The number of aliphatic imine (C=N–C) groups is 1. The zero-order chi connectivity index (χ0) is 15.1. The first kappa shape index (κ1) is 16.2. The number of aromatic amines is 1. The standard InChI is InChI=1S/C12H11N7O2S.Na/c20-9(14-11-15-17-18-16-11)6-5-13-12-19(10(6)21)7-3-1-2-4-8(7)22-12;/h5H,1-4H2,(H2,14,15,16,17,18,20);/q;+1/p-1. The van der Waals surface area contributed by atoms with Gasteiger partial charge in [0.2, 0.25) is 0 Å². The Balaban J connectivity index is 0.00000156. The predicted octanol–water partition coefficient (Wildman–Crippen LogP) is -3.41. The van der Waals surface area contributed by atoms with Crippen molar-refractivity contribution in [2.45, 2.75) is 25.7 Å². The second-order valence-corrected chi connectivity index (χ2v) is 5.96. The summed E-state index contributed by atoms with van der Waals surface area (Å²) in [6, 6.07) is 0. The Hall–Kier alpha value is -1.62. The first-order valence-corrected chi connectivity index (χ1v) is 7.57. The van der Waals surface area contributed by atoms with E-state index in [0.29, 0.717) is 4.96 Å². The van der Waals surface area contributed by atoms with Crippen molar-refractivity contribution in [3.63, 3.8) is 0 Å². The minimum Gasteiger partial charge on any atom is -0.858 e. The van der Waals surface area contributed by atoms with Crippen molar-refractivity contribution in [2.24, 2.45) is 4.99 Å². The molecule has 0 radical (unpaired) electrons. The average molecular weight is 339 g/mol. The Kier molecular flexibility index (Phi) is 4.57. The molecule has 3 aromatic rings. The van der Waals surface area contributed by atoms with E-state index in [1.807, 2.05) is 0 Å². The van der Waals surface area contributed by atoms with Crippen molar-refractivity contribution in [3.05, 3.63) is 32.7 Å². The van der Waals surface area contributed by atoms with Crippen molar-refractivity contribution in [3.8, 4) is 0 Å². The van der Waals surface area contributed by atoms with E-state index < -0.39 is 5.90 Å². The number of H-pyrrole nitrogens is 1. The molecular weight excluding hydrogens is 329 g/mol. The van der Waals surface area contributed by atoms with Gasteiger partial charge in [-0.05, 0) is 30.9 Å². The molecule has 0 amide bonds. The van der Waals surface area contributed by atoms with Gasteiger partial charge in [-0.15, -0.1) is 16.4 Å². The summed E-state index contributed by atoms with van der Waals surface area (Å²) in [5, 5.41) is 24.8. The van der Waals surface area contributed by atoms with Gasteiger partial charge in [0, 0.05) is 22.7 Å². The molecule has 112 valence electrons. The molecule has 0 aromatic carbocycles. The first-order chi connectivity index (χ1) is 10.7. The Morgan fingerprint density at radius 3 is 3.00 bits per heavy atom. The molecule has 11 heteroatoms. The van der Waals surface area contributed by atoms with Crippen LogP contribution in [0.1, 0.15) is 29.0 Å². The average Bonchev–Trinajstić information content (AvgIpc) is 3.14. The Bertz CT molecular complexity index is 931. The van der Waals surface area contributed by atoms with Crippen LogP contribution in [0.2, 0.25) is 0 Å². The summed E-state index contributed by atoms with van der Waals surface area (Å²) in [6.45, 7) is 0. The fraction of sp³-hybridized carbons (Fsp3) is 0.333. The van der Waals surface area contributed by atoms with Gasteiger partial charge in [0.1, 0.15) is 0 Å². The van der Waals surface area contributed by atoms with Gasteiger partial charge in [-0.2, -0.15) is 5.21 Å². The van der Waals surface area contributed by atoms with Gasteiger partial charge >= 0.3 is 29.6 Å². The zero-order valence-corrected chi connectivity index (χ0v) is 15.1. The third kappa shape index (κ3) is 2.82. The number of thiazole rings is 1. The van der Waals surface area contributed by atoms with Crippen molar-refractivity contribution in [2.75, 3.05) is 0 Å². The van der Waals surface area contributed by atoms with Crippen LogP contribution in [0.4, 0.5) is 5.95 Å². The summed E-state index contributed by atoms with van der Waals surface area (Å²) >= 11 is 1.51. The summed E-state index contributed by atoms with van der Waals surface area (Å²) in [6.07, 6.45) is 5.21. The van der Waals surface area contributed by atoms with E-state index in [4.69, 9.17) is 0 Å². The summed E-state index contributed by atoms with van der Waals surface area (Å²) in [5.41, 5.74) is 0.494. The molecule has 1 aliphatic rings. The number of rotatable bonds is 2. The summed E-state index contributed by atoms with van der Waals surface area (Å²) < 4.78 is 1.54. The quantitative estimate of drug-likeness (QED) is 0.295. The van der Waals surface area contributed by atoms with Crippen LogP contribution in [0.15, 0.2) is 16.0 Å². The zero-order valence-electron chi connectivity index (χ0n) is 12.3. The number of nitrogens with zero attached hydrogens (tertiary/aromatic N) is 6. The minimum absolute atomic E-state index is 0. The second-order valence-electron chi connectivity index (χ2n) is 4.90. The molecule has 4 rings (SSSR count). The maximum absolute atomic E-state index is 12.6. The molecule has 0 saturated carbocycles. The van der Waals surface area contributed by atoms with Gasteiger partial charge in [0.15, 0.2) is 4.96 Å². The Morgan fingerprint density at radius 1 is 1.39 bits per heavy atom. The molecule has 3 aromatic heterocycles. The van der Waals surface area contributed by atoms with Gasteiger partial charge in [-0.1, -0.05) is 5.10 Å². The van der Waals surface area contributed by atoms with E-state index in [1.165, 1.54) is 26.8 Å². The maximum atomic E-state index is 12.6. The van der Waals surface area contributed by atoms with Crippen molar-refractivity contribution < 1.29 is 34.7 Å². The molecule has 9 nitrogen and oxygen atoms in total. The third-order valence-corrected chi connectivity index (χ3v) is 4.73. The fourth-order valence-electron chi connectivity index (χ4n) is 2.57. The van der Waals surface area contributed by atoms with Crippen LogP contribution in [-0.2, 0) is 12.8 Å². The smallest absolute Gasteiger partial charge is 0.858 e. The van der Waals surface area contributed by atoms with Crippen LogP contribution in [0, 0.1) is 0 Å². The summed E-state index contributed by atoms with van der Waals surface area (Å²) in [5.74, 6) is -0.828. The van der Waals surface area contributed by atoms with Crippen LogP contribution in [0.3, 0.4) is 0 Å². The number of fused-ring (bicyclic) bond motifs is 3. The number of nitrogens with one attached hydrogen (secondary N) is 1. The van der Waals surface area contributed by atoms with Gasteiger partial charge in [0.25, 0.3) is 11.5 Å². The van der Waals surface area contributed by atoms with E-state index in [1.54, 1.807) is 0 Å². The van der Waals surface area contributed by atoms with Gasteiger partial charge < -0.3 is 5.11 Å². The third-order valence-electron chi connectivity index (χ3n) is 3.57. The SMILES string of the molecule is O=c1c(/C([O-])=N/c2nn[nH]n2)cnc2sc3c(n12)CCCC3.[Na+]. The molecule has 0 spiro atoms. The number of hydrogen-bond acceptors (Lipinski definition) is 8. The van der Waals surface area contributed by atoms with E-state index in [-0.39, 0.29) is 46.6 Å². The van der Waals surface area contributed by atoms with Crippen LogP contribution in [0.5, 0.6) is 0 Å². The van der Waals surface area contributed by atoms with Crippen molar-refractivity contribution in [1.82, 2.24) is 30.0 Å². The summed E-state index contributed by atoms with van der Waals surface area (Å²) in [4.78, 5) is 22.3. The van der Waals surface area contributed by atoms with E-state index in [9.17, 15) is 9.90 Å². The molecule has 3 heterocycles. The molecule has 0 fully saturated rings. The molecule has 23 heavy (non-hydrogen) atoms. The summed E-state index contributed by atoms with van der Waals surface area (Å²) in [7, 11) is 0. The Labute approximate surface area is 155 Å². The van der Waals surface area contributed by atoms with Crippen LogP contribution in [0.25, 0.3) is 4.96 Å². The fourth-order valence-corrected chi connectivity index (χ4v) is 3.74. The second kappa shape index (κ2) is 6.48. The molecule has 0 saturated heterocycles. The van der Waals surface area contributed by atoms with Crippen LogP contribution >= 0.6 is 11.3 Å². The van der Waals surface area contributed by atoms with Gasteiger partial charge in [-0.3, -0.25) is 9.20 Å². The predicted molar refractivity (Wildman–Crippen MR) is 76.4 cm³/mol. The molecular formula is C12H10N7NaO2S. The van der Waals surface area contributed by atoms with E-state index in [0.717, 1.165) is 31.4 Å². The molecule has 0 atom stereocenters.